The van der Waals surface area contributed by atoms with Crippen molar-refractivity contribution in [3.8, 4) is 0 Å². The minimum Gasteiger partial charge on any atom is -0.308 e. The molecule has 0 saturated heterocycles. The highest BCUT2D eigenvalue weighted by Gasteiger charge is 2.21. The Balaban J connectivity index is 2.34. The molecule has 70 valence electrons. The monoisotopic (exact) mass is 169 g/mol. The van der Waals surface area contributed by atoms with Crippen molar-refractivity contribution in [3.63, 3.8) is 0 Å². The van der Waals surface area contributed by atoms with Gasteiger partial charge in [0.1, 0.15) is 6.29 Å². The van der Waals surface area contributed by atoms with E-state index in [0.717, 1.165) is 12.8 Å². The van der Waals surface area contributed by atoms with Crippen molar-refractivity contribution < 1.29 is 4.79 Å². The minimum atomic E-state index is 0.121. The number of rotatable bonds is 4. The molecular weight excluding hydrogens is 150 g/mol. The summed E-state index contributed by atoms with van der Waals surface area (Å²) < 4.78 is 0. The van der Waals surface area contributed by atoms with Crippen LogP contribution in [0.2, 0.25) is 0 Å². The third kappa shape index (κ3) is 2.59. The standard InChI is InChI=1S/C10H19NO/c1-2-11-10(8-12)9-6-4-3-5-7-9/h8-11H,2-7H2,1H3. The maximum Gasteiger partial charge on any atom is 0.137 e. The van der Waals surface area contributed by atoms with Crippen LogP contribution in [-0.4, -0.2) is 18.9 Å². The van der Waals surface area contributed by atoms with Gasteiger partial charge in [-0.1, -0.05) is 26.2 Å². The van der Waals surface area contributed by atoms with Crippen LogP contribution in [0.5, 0.6) is 0 Å². The Bertz CT molecular complexity index is 130. The molecule has 0 aromatic carbocycles. The molecular formula is C10H19NO. The Morgan fingerprint density at radius 1 is 1.42 bits per heavy atom. The molecule has 1 aliphatic carbocycles. The Kier molecular flexibility index (Phi) is 4.30. The van der Waals surface area contributed by atoms with E-state index >= 15 is 0 Å². The number of hydrogen-bond acceptors (Lipinski definition) is 2. The van der Waals surface area contributed by atoms with E-state index in [9.17, 15) is 4.79 Å². The van der Waals surface area contributed by atoms with E-state index in [0.29, 0.717) is 5.92 Å². The van der Waals surface area contributed by atoms with Crippen LogP contribution in [0.25, 0.3) is 0 Å². The Morgan fingerprint density at radius 3 is 2.58 bits per heavy atom. The van der Waals surface area contributed by atoms with Crippen molar-refractivity contribution in [2.24, 2.45) is 5.92 Å². The maximum atomic E-state index is 10.7. The quantitative estimate of drug-likeness (QED) is 0.649. The van der Waals surface area contributed by atoms with Crippen LogP contribution in [0.4, 0.5) is 0 Å². The molecule has 1 rings (SSSR count). The summed E-state index contributed by atoms with van der Waals surface area (Å²) in [6, 6.07) is 0.121. The molecule has 1 fully saturated rings. The zero-order valence-electron chi connectivity index (χ0n) is 7.88. The molecule has 0 bridgehead atoms. The van der Waals surface area contributed by atoms with Crippen molar-refractivity contribution in [2.75, 3.05) is 6.54 Å². The first kappa shape index (κ1) is 9.72. The van der Waals surface area contributed by atoms with Gasteiger partial charge in [0.05, 0.1) is 6.04 Å². The number of carbonyl (C=O) groups excluding carboxylic acids is 1. The zero-order chi connectivity index (χ0) is 8.81. The third-order valence-electron chi connectivity index (χ3n) is 2.74. The fourth-order valence-corrected chi connectivity index (χ4v) is 2.05. The Labute approximate surface area is 74.7 Å². The highest BCUT2D eigenvalue weighted by molar-refractivity contribution is 5.58. The lowest BCUT2D eigenvalue weighted by Gasteiger charge is -2.26. The molecule has 0 amide bonds. The second kappa shape index (κ2) is 5.31. The fourth-order valence-electron chi connectivity index (χ4n) is 2.05. The molecule has 0 aromatic rings. The van der Waals surface area contributed by atoms with Gasteiger partial charge in [-0.15, -0.1) is 0 Å². The van der Waals surface area contributed by atoms with Gasteiger partial charge in [-0.25, -0.2) is 0 Å². The summed E-state index contributed by atoms with van der Waals surface area (Å²) in [4.78, 5) is 10.7. The number of carbonyl (C=O) groups is 1. The first-order valence-electron chi connectivity index (χ1n) is 5.07. The molecule has 0 heterocycles. The van der Waals surface area contributed by atoms with Crippen LogP contribution in [0.15, 0.2) is 0 Å². The number of hydrogen-bond donors (Lipinski definition) is 1. The smallest absolute Gasteiger partial charge is 0.137 e. The van der Waals surface area contributed by atoms with E-state index in [1.54, 1.807) is 0 Å². The van der Waals surface area contributed by atoms with Gasteiger partial charge in [-0.3, -0.25) is 0 Å². The summed E-state index contributed by atoms with van der Waals surface area (Å²) >= 11 is 0. The number of aldehydes is 1. The van der Waals surface area contributed by atoms with Gasteiger partial charge < -0.3 is 10.1 Å². The zero-order valence-corrected chi connectivity index (χ0v) is 7.88. The topological polar surface area (TPSA) is 29.1 Å². The van der Waals surface area contributed by atoms with Gasteiger partial charge in [0.25, 0.3) is 0 Å². The average Bonchev–Trinajstić information content (AvgIpc) is 2.15. The van der Waals surface area contributed by atoms with Crippen molar-refractivity contribution >= 4 is 6.29 Å². The second-order valence-corrected chi connectivity index (χ2v) is 3.62. The van der Waals surface area contributed by atoms with Gasteiger partial charge in [0, 0.05) is 0 Å². The fraction of sp³-hybridized carbons (Fsp3) is 0.900. The van der Waals surface area contributed by atoms with Crippen LogP contribution in [-0.2, 0) is 4.79 Å². The highest BCUT2D eigenvalue weighted by Crippen LogP contribution is 2.25. The Hall–Kier alpha value is -0.370. The van der Waals surface area contributed by atoms with E-state index in [1.165, 1.54) is 32.1 Å². The van der Waals surface area contributed by atoms with Crippen molar-refractivity contribution in [3.05, 3.63) is 0 Å². The first-order chi connectivity index (χ1) is 5.88. The van der Waals surface area contributed by atoms with Crippen LogP contribution < -0.4 is 5.32 Å². The van der Waals surface area contributed by atoms with Gasteiger partial charge in [0.2, 0.25) is 0 Å². The van der Waals surface area contributed by atoms with E-state index < -0.39 is 0 Å². The van der Waals surface area contributed by atoms with Crippen molar-refractivity contribution in [2.45, 2.75) is 45.1 Å². The predicted molar refractivity (Wildman–Crippen MR) is 50.1 cm³/mol. The molecule has 0 aliphatic heterocycles. The first-order valence-corrected chi connectivity index (χ1v) is 5.07. The normalized spacial score (nSPS) is 22.1. The summed E-state index contributed by atoms with van der Waals surface area (Å²) in [6.45, 7) is 2.96. The molecule has 0 spiro atoms. The predicted octanol–water partition coefficient (Wildman–Crippen LogP) is 1.74. The van der Waals surface area contributed by atoms with E-state index in [4.69, 9.17) is 0 Å². The third-order valence-corrected chi connectivity index (χ3v) is 2.74. The van der Waals surface area contributed by atoms with E-state index in [2.05, 4.69) is 12.2 Å². The summed E-state index contributed by atoms with van der Waals surface area (Å²) in [5, 5.41) is 3.23. The van der Waals surface area contributed by atoms with Crippen LogP contribution in [0.3, 0.4) is 0 Å². The largest absolute Gasteiger partial charge is 0.308 e. The molecule has 1 unspecified atom stereocenters. The summed E-state index contributed by atoms with van der Waals surface area (Å²) in [6.07, 6.45) is 7.52. The molecule has 1 N–H and O–H groups in total. The van der Waals surface area contributed by atoms with Crippen molar-refractivity contribution in [1.29, 1.82) is 0 Å². The lowest BCUT2D eigenvalue weighted by atomic mass is 9.84. The molecule has 1 atom stereocenters. The van der Waals surface area contributed by atoms with Gasteiger partial charge >= 0.3 is 0 Å². The molecule has 0 radical (unpaired) electrons. The van der Waals surface area contributed by atoms with Crippen molar-refractivity contribution in [1.82, 2.24) is 5.32 Å². The lowest BCUT2D eigenvalue weighted by molar-refractivity contribution is -0.110. The van der Waals surface area contributed by atoms with Gasteiger partial charge in [0.15, 0.2) is 0 Å². The van der Waals surface area contributed by atoms with Crippen LogP contribution in [0.1, 0.15) is 39.0 Å². The lowest BCUT2D eigenvalue weighted by Crippen LogP contribution is -2.38. The number of likely N-dealkylation sites (N-methyl/N-ethyl adjacent to an activating group) is 1. The molecule has 1 aliphatic rings. The molecule has 2 heteroatoms. The summed E-state index contributed by atoms with van der Waals surface area (Å²) in [5.41, 5.74) is 0. The average molecular weight is 169 g/mol. The molecule has 2 nitrogen and oxygen atoms in total. The number of nitrogens with one attached hydrogen (secondary N) is 1. The summed E-state index contributed by atoms with van der Waals surface area (Å²) in [7, 11) is 0. The summed E-state index contributed by atoms with van der Waals surface area (Å²) in [5.74, 6) is 0.608. The Morgan fingerprint density at radius 2 is 2.08 bits per heavy atom. The molecule has 12 heavy (non-hydrogen) atoms. The minimum absolute atomic E-state index is 0.121. The van der Waals surface area contributed by atoms with Crippen LogP contribution in [0, 0.1) is 5.92 Å². The maximum absolute atomic E-state index is 10.7. The highest BCUT2D eigenvalue weighted by atomic mass is 16.1. The van der Waals surface area contributed by atoms with Crippen LogP contribution >= 0.6 is 0 Å². The second-order valence-electron chi connectivity index (χ2n) is 3.62. The van der Waals surface area contributed by atoms with E-state index in [1.807, 2.05) is 0 Å². The SMILES string of the molecule is CCNC(C=O)C1CCCCC1. The van der Waals surface area contributed by atoms with Gasteiger partial charge in [-0.05, 0) is 25.3 Å². The molecule has 0 aromatic heterocycles. The molecule has 1 saturated carbocycles. The van der Waals surface area contributed by atoms with E-state index in [-0.39, 0.29) is 6.04 Å². The van der Waals surface area contributed by atoms with Gasteiger partial charge in [-0.2, -0.15) is 0 Å².